The average Bonchev–Trinajstić information content (AvgIpc) is 2.74. The second kappa shape index (κ2) is 10.2. The summed E-state index contributed by atoms with van der Waals surface area (Å²) in [5, 5.41) is 3.28. The zero-order valence-corrected chi connectivity index (χ0v) is 16.9. The molecule has 0 bridgehead atoms. The summed E-state index contributed by atoms with van der Waals surface area (Å²) in [6, 6.07) is 18.2. The molecule has 0 saturated carbocycles. The summed E-state index contributed by atoms with van der Waals surface area (Å²) in [5.41, 5.74) is 0.950. The molecule has 1 N–H and O–H groups in total. The van der Waals surface area contributed by atoms with Crippen molar-refractivity contribution < 1.29 is 14.3 Å². The van der Waals surface area contributed by atoms with Gasteiger partial charge in [-0.3, -0.25) is 9.59 Å². The van der Waals surface area contributed by atoms with Crippen LogP contribution in [0.5, 0.6) is 0 Å². The number of benzene rings is 2. The number of para-hydroxylation sites is 1. The van der Waals surface area contributed by atoms with Crippen molar-refractivity contribution in [2.75, 3.05) is 31.6 Å². The Balaban J connectivity index is 1.52. The van der Waals surface area contributed by atoms with Crippen LogP contribution < -0.4 is 5.32 Å². The number of carbonyl (C=O) groups excluding carboxylic acids is 2. The summed E-state index contributed by atoms with van der Waals surface area (Å²) in [4.78, 5) is 28.5. The van der Waals surface area contributed by atoms with Gasteiger partial charge in [-0.1, -0.05) is 42.1 Å². The fraction of sp³-hybridized carbons (Fsp3) is 0.364. The summed E-state index contributed by atoms with van der Waals surface area (Å²) >= 11 is 1.67. The molecule has 1 saturated heterocycles. The van der Waals surface area contributed by atoms with E-state index in [0.29, 0.717) is 32.5 Å². The highest BCUT2D eigenvalue weighted by molar-refractivity contribution is 7.99. The van der Waals surface area contributed by atoms with Gasteiger partial charge >= 0.3 is 5.97 Å². The molecule has 28 heavy (non-hydrogen) atoms. The Hall–Kier alpha value is -2.47. The molecule has 5 nitrogen and oxygen atoms in total. The van der Waals surface area contributed by atoms with Crippen molar-refractivity contribution in [1.29, 1.82) is 0 Å². The molecule has 3 rings (SSSR count). The molecular formula is C22H26N2O3S. The first-order valence-electron chi connectivity index (χ1n) is 9.67. The van der Waals surface area contributed by atoms with E-state index in [4.69, 9.17) is 4.74 Å². The number of carbonyl (C=O) groups is 2. The van der Waals surface area contributed by atoms with Crippen molar-refractivity contribution in [3.05, 3.63) is 54.6 Å². The second-order valence-electron chi connectivity index (χ2n) is 6.67. The highest BCUT2D eigenvalue weighted by atomic mass is 32.2. The number of ether oxygens (including phenoxy) is 1. The Morgan fingerprint density at radius 2 is 1.75 bits per heavy atom. The third-order valence-corrected chi connectivity index (χ3v) is 5.84. The van der Waals surface area contributed by atoms with Gasteiger partial charge in [-0.05, 0) is 44.0 Å². The predicted octanol–water partition coefficient (Wildman–Crippen LogP) is 4.05. The zero-order chi connectivity index (χ0) is 19.8. The van der Waals surface area contributed by atoms with Gasteiger partial charge in [0.15, 0.2) is 0 Å². The molecule has 0 radical (unpaired) electrons. The van der Waals surface area contributed by atoms with E-state index in [1.807, 2.05) is 48.2 Å². The van der Waals surface area contributed by atoms with E-state index in [1.54, 1.807) is 11.8 Å². The molecule has 2 aromatic rings. The Bertz CT molecular complexity index is 789. The highest BCUT2D eigenvalue weighted by Gasteiger charge is 2.28. The van der Waals surface area contributed by atoms with Gasteiger partial charge in [0, 0.05) is 28.6 Å². The van der Waals surface area contributed by atoms with E-state index < -0.39 is 0 Å². The van der Waals surface area contributed by atoms with Crippen LogP contribution in [0.1, 0.15) is 19.8 Å². The quantitative estimate of drug-likeness (QED) is 0.713. The van der Waals surface area contributed by atoms with Gasteiger partial charge in [0.2, 0.25) is 5.91 Å². The number of hydrogen-bond acceptors (Lipinski definition) is 5. The molecule has 1 aliphatic heterocycles. The number of nitrogens with zero attached hydrogens (tertiary/aromatic N) is 1. The first-order chi connectivity index (χ1) is 13.7. The van der Waals surface area contributed by atoms with Gasteiger partial charge in [0.25, 0.3) is 0 Å². The molecule has 0 aliphatic carbocycles. The lowest BCUT2D eigenvalue weighted by Gasteiger charge is -2.31. The van der Waals surface area contributed by atoms with Gasteiger partial charge < -0.3 is 15.0 Å². The molecular weight excluding hydrogens is 372 g/mol. The molecule has 1 aliphatic rings. The number of likely N-dealkylation sites (tertiary alicyclic amines) is 1. The third kappa shape index (κ3) is 5.52. The van der Waals surface area contributed by atoms with Crippen LogP contribution in [0.3, 0.4) is 0 Å². The van der Waals surface area contributed by atoms with Gasteiger partial charge in [-0.25, -0.2) is 0 Å². The van der Waals surface area contributed by atoms with Crippen LogP contribution in [0.2, 0.25) is 0 Å². The Kier molecular flexibility index (Phi) is 7.37. The summed E-state index contributed by atoms with van der Waals surface area (Å²) in [6.45, 7) is 3.67. The molecule has 6 heteroatoms. The summed E-state index contributed by atoms with van der Waals surface area (Å²) in [5.74, 6) is -0.165. The SMILES string of the molecule is CCOC(=O)C1CCN(C(=O)CNc2ccccc2Sc2ccccc2)CC1. The molecule has 148 valence electrons. The molecule has 1 fully saturated rings. The van der Waals surface area contributed by atoms with Gasteiger partial charge in [0.05, 0.1) is 19.1 Å². The first kappa shape index (κ1) is 20.3. The molecule has 0 unspecified atom stereocenters. The molecule has 2 aromatic carbocycles. The number of amides is 1. The van der Waals surface area contributed by atoms with Crippen LogP contribution in [-0.2, 0) is 14.3 Å². The Morgan fingerprint density at radius 3 is 2.46 bits per heavy atom. The van der Waals surface area contributed by atoms with Crippen molar-refractivity contribution in [3.8, 4) is 0 Å². The maximum atomic E-state index is 12.6. The third-order valence-electron chi connectivity index (χ3n) is 4.76. The van der Waals surface area contributed by atoms with E-state index in [0.717, 1.165) is 15.5 Å². The fourth-order valence-electron chi connectivity index (χ4n) is 3.22. The van der Waals surface area contributed by atoms with E-state index in [9.17, 15) is 9.59 Å². The van der Waals surface area contributed by atoms with E-state index in [2.05, 4.69) is 23.5 Å². The van der Waals surface area contributed by atoms with Crippen LogP contribution in [0, 0.1) is 5.92 Å². The lowest BCUT2D eigenvalue weighted by molar-refractivity contribution is -0.151. The van der Waals surface area contributed by atoms with Gasteiger partial charge in [-0.15, -0.1) is 0 Å². The van der Waals surface area contributed by atoms with Crippen molar-refractivity contribution in [3.63, 3.8) is 0 Å². The Labute approximate surface area is 170 Å². The summed E-state index contributed by atoms with van der Waals surface area (Å²) < 4.78 is 5.09. The Morgan fingerprint density at radius 1 is 1.07 bits per heavy atom. The van der Waals surface area contributed by atoms with Crippen LogP contribution in [-0.4, -0.2) is 43.0 Å². The number of rotatable bonds is 7. The minimum Gasteiger partial charge on any atom is -0.466 e. The topological polar surface area (TPSA) is 58.6 Å². The number of piperidine rings is 1. The number of anilines is 1. The first-order valence-corrected chi connectivity index (χ1v) is 10.5. The van der Waals surface area contributed by atoms with Gasteiger partial charge in [-0.2, -0.15) is 0 Å². The van der Waals surface area contributed by atoms with E-state index >= 15 is 0 Å². The number of hydrogen-bond donors (Lipinski definition) is 1. The molecule has 0 spiro atoms. The largest absolute Gasteiger partial charge is 0.466 e. The van der Waals surface area contributed by atoms with Crippen molar-refractivity contribution >= 4 is 29.3 Å². The predicted molar refractivity (Wildman–Crippen MR) is 111 cm³/mol. The van der Waals surface area contributed by atoms with Crippen LogP contribution in [0.15, 0.2) is 64.4 Å². The smallest absolute Gasteiger partial charge is 0.309 e. The lowest BCUT2D eigenvalue weighted by Crippen LogP contribution is -2.43. The van der Waals surface area contributed by atoms with Crippen LogP contribution in [0.4, 0.5) is 5.69 Å². The van der Waals surface area contributed by atoms with Gasteiger partial charge in [0.1, 0.15) is 0 Å². The van der Waals surface area contributed by atoms with Crippen LogP contribution in [0.25, 0.3) is 0 Å². The molecule has 0 atom stereocenters. The maximum absolute atomic E-state index is 12.6. The van der Waals surface area contributed by atoms with Crippen molar-refractivity contribution in [2.24, 2.45) is 5.92 Å². The minimum absolute atomic E-state index is 0.0572. The van der Waals surface area contributed by atoms with Crippen molar-refractivity contribution in [1.82, 2.24) is 4.90 Å². The summed E-state index contributed by atoms with van der Waals surface area (Å²) in [6.07, 6.45) is 1.34. The van der Waals surface area contributed by atoms with Crippen LogP contribution >= 0.6 is 11.8 Å². The lowest BCUT2D eigenvalue weighted by atomic mass is 9.97. The average molecular weight is 399 g/mol. The number of nitrogens with one attached hydrogen (secondary N) is 1. The standard InChI is InChI=1S/C22H26N2O3S/c1-2-27-22(26)17-12-14-24(15-13-17)21(25)16-23-19-10-6-7-11-20(19)28-18-8-4-3-5-9-18/h3-11,17,23H,2,12-16H2,1H3. The highest BCUT2D eigenvalue weighted by Crippen LogP contribution is 2.33. The monoisotopic (exact) mass is 398 g/mol. The maximum Gasteiger partial charge on any atom is 0.309 e. The minimum atomic E-state index is -0.139. The molecule has 0 aromatic heterocycles. The normalized spacial score (nSPS) is 14.5. The second-order valence-corrected chi connectivity index (χ2v) is 7.79. The molecule has 1 amide bonds. The summed E-state index contributed by atoms with van der Waals surface area (Å²) in [7, 11) is 0. The van der Waals surface area contributed by atoms with E-state index in [1.165, 1.54) is 0 Å². The number of esters is 1. The zero-order valence-electron chi connectivity index (χ0n) is 16.1. The molecule has 1 heterocycles. The fourth-order valence-corrected chi connectivity index (χ4v) is 4.17. The van der Waals surface area contributed by atoms with Crippen molar-refractivity contribution in [2.45, 2.75) is 29.6 Å². The van der Waals surface area contributed by atoms with E-state index in [-0.39, 0.29) is 24.3 Å².